The monoisotopic (exact) mass is 230 g/mol. The van der Waals surface area contributed by atoms with Crippen LogP contribution in [0, 0.1) is 27.7 Å². The topological polar surface area (TPSA) is 41.9 Å². The highest BCUT2D eigenvalue weighted by molar-refractivity contribution is 5.83. The highest BCUT2D eigenvalue weighted by Gasteiger charge is 2.12. The predicted octanol–water partition coefficient (Wildman–Crippen LogP) is 2.32. The molecule has 0 aliphatic heterocycles. The van der Waals surface area contributed by atoms with E-state index in [4.69, 9.17) is 0 Å². The lowest BCUT2D eigenvalue weighted by molar-refractivity contribution is 0.983. The summed E-state index contributed by atoms with van der Waals surface area (Å²) in [7, 11) is 3.88. The van der Waals surface area contributed by atoms with Crippen LogP contribution in [0.2, 0.25) is 0 Å². The molecule has 0 spiro atoms. The van der Waals surface area contributed by atoms with E-state index in [0.717, 1.165) is 22.4 Å². The molecule has 0 amide bonds. The van der Waals surface area contributed by atoms with Gasteiger partial charge >= 0.3 is 0 Å². The van der Waals surface area contributed by atoms with Gasteiger partial charge in [0.05, 0.1) is 5.69 Å². The number of pyridine rings is 1. The van der Waals surface area contributed by atoms with Crippen LogP contribution in [-0.4, -0.2) is 29.0 Å². The van der Waals surface area contributed by atoms with E-state index in [-0.39, 0.29) is 0 Å². The third kappa shape index (κ3) is 1.84. The van der Waals surface area contributed by atoms with E-state index in [1.54, 1.807) is 0 Å². The molecule has 0 atom stereocenters. The smallest absolute Gasteiger partial charge is 0.227 e. The molecule has 2 aromatic rings. The lowest BCUT2D eigenvalue weighted by atomic mass is 10.0. The van der Waals surface area contributed by atoms with Gasteiger partial charge in [-0.15, -0.1) is 0 Å². The van der Waals surface area contributed by atoms with Crippen molar-refractivity contribution in [3.8, 4) is 0 Å². The molecule has 90 valence electrons. The van der Waals surface area contributed by atoms with Crippen molar-refractivity contribution in [2.45, 2.75) is 27.7 Å². The molecule has 17 heavy (non-hydrogen) atoms. The fraction of sp³-hybridized carbons (Fsp3) is 0.462. The van der Waals surface area contributed by atoms with Crippen molar-refractivity contribution in [2.24, 2.45) is 0 Å². The molecule has 0 aliphatic carbocycles. The third-order valence-electron chi connectivity index (χ3n) is 3.21. The average molecular weight is 230 g/mol. The minimum absolute atomic E-state index is 0.713. The molecule has 0 N–H and O–H groups in total. The van der Waals surface area contributed by atoms with Gasteiger partial charge in [0.1, 0.15) is 0 Å². The van der Waals surface area contributed by atoms with Gasteiger partial charge < -0.3 is 4.90 Å². The maximum absolute atomic E-state index is 4.56. The summed E-state index contributed by atoms with van der Waals surface area (Å²) in [6, 6.07) is 0. The third-order valence-corrected chi connectivity index (χ3v) is 3.21. The number of nitrogens with zero attached hydrogens (tertiary/aromatic N) is 4. The number of hydrogen-bond acceptors (Lipinski definition) is 4. The van der Waals surface area contributed by atoms with Crippen molar-refractivity contribution in [3.05, 3.63) is 22.5 Å². The molecule has 0 fully saturated rings. The number of aryl methyl sites for hydroxylation is 3. The summed E-state index contributed by atoms with van der Waals surface area (Å²) in [5.41, 5.74) is 5.28. The average Bonchev–Trinajstić information content (AvgIpc) is 2.25. The normalized spacial score (nSPS) is 10.9. The molecule has 4 heteroatoms. The molecule has 4 nitrogen and oxygen atoms in total. The van der Waals surface area contributed by atoms with Crippen molar-refractivity contribution in [2.75, 3.05) is 19.0 Å². The zero-order valence-electron chi connectivity index (χ0n) is 11.3. The maximum Gasteiger partial charge on any atom is 0.227 e. The minimum atomic E-state index is 0.713. The van der Waals surface area contributed by atoms with Gasteiger partial charge in [-0.1, -0.05) is 0 Å². The van der Waals surface area contributed by atoms with Crippen LogP contribution in [0.4, 0.5) is 5.95 Å². The van der Waals surface area contributed by atoms with Crippen LogP contribution in [0.25, 0.3) is 11.0 Å². The standard InChI is InChI=1S/C13H18N4/c1-7-8(2)11-10(4)15-13(17(5)6)16-12(11)14-9(7)3/h1-6H3. The van der Waals surface area contributed by atoms with Gasteiger partial charge in [-0.3, -0.25) is 0 Å². The molecule has 2 aromatic heterocycles. The molecular weight excluding hydrogens is 212 g/mol. The fourth-order valence-corrected chi connectivity index (χ4v) is 1.96. The van der Waals surface area contributed by atoms with Crippen LogP contribution in [0.3, 0.4) is 0 Å². The lowest BCUT2D eigenvalue weighted by Crippen LogP contribution is -2.14. The quantitative estimate of drug-likeness (QED) is 0.754. The number of aromatic nitrogens is 3. The molecule has 0 aliphatic rings. The van der Waals surface area contributed by atoms with E-state index in [1.807, 2.05) is 32.8 Å². The molecule has 0 unspecified atom stereocenters. The van der Waals surface area contributed by atoms with E-state index in [2.05, 4.69) is 28.8 Å². The Kier molecular flexibility index (Phi) is 2.73. The molecule has 0 radical (unpaired) electrons. The Morgan fingerprint density at radius 3 is 2.00 bits per heavy atom. The molecule has 0 aromatic carbocycles. The Bertz CT molecular complexity index is 588. The van der Waals surface area contributed by atoms with Crippen LogP contribution < -0.4 is 4.90 Å². The number of anilines is 1. The molecule has 0 saturated carbocycles. The van der Waals surface area contributed by atoms with E-state index >= 15 is 0 Å². The van der Waals surface area contributed by atoms with E-state index in [9.17, 15) is 0 Å². The highest BCUT2D eigenvalue weighted by Crippen LogP contribution is 2.24. The van der Waals surface area contributed by atoms with Crippen LogP contribution >= 0.6 is 0 Å². The zero-order valence-corrected chi connectivity index (χ0v) is 11.3. The molecular formula is C13H18N4. The van der Waals surface area contributed by atoms with E-state index in [0.29, 0.717) is 5.95 Å². The number of rotatable bonds is 1. The Balaban J connectivity index is 2.87. The summed E-state index contributed by atoms with van der Waals surface area (Å²) in [4.78, 5) is 15.5. The largest absolute Gasteiger partial charge is 0.347 e. The summed E-state index contributed by atoms with van der Waals surface area (Å²) < 4.78 is 0. The van der Waals surface area contributed by atoms with Crippen LogP contribution in [-0.2, 0) is 0 Å². The summed E-state index contributed by atoms with van der Waals surface area (Å²) in [5, 5.41) is 1.08. The first-order valence-corrected chi connectivity index (χ1v) is 5.71. The van der Waals surface area contributed by atoms with Gasteiger partial charge in [-0.25, -0.2) is 9.97 Å². The number of hydrogen-bond donors (Lipinski definition) is 0. The highest BCUT2D eigenvalue weighted by atomic mass is 15.2. The van der Waals surface area contributed by atoms with E-state index < -0.39 is 0 Å². The van der Waals surface area contributed by atoms with Gasteiger partial charge in [0.2, 0.25) is 5.95 Å². The van der Waals surface area contributed by atoms with Crippen LogP contribution in [0.5, 0.6) is 0 Å². The first kappa shape index (κ1) is 11.8. The van der Waals surface area contributed by atoms with Gasteiger partial charge in [-0.2, -0.15) is 4.98 Å². The van der Waals surface area contributed by atoms with Crippen LogP contribution in [0.1, 0.15) is 22.5 Å². The van der Waals surface area contributed by atoms with Crippen LogP contribution in [0.15, 0.2) is 0 Å². The van der Waals surface area contributed by atoms with Gasteiger partial charge in [0.25, 0.3) is 0 Å². The molecule has 2 rings (SSSR count). The fourth-order valence-electron chi connectivity index (χ4n) is 1.96. The Hall–Kier alpha value is -1.71. The van der Waals surface area contributed by atoms with E-state index in [1.165, 1.54) is 11.1 Å². The van der Waals surface area contributed by atoms with Gasteiger partial charge in [0.15, 0.2) is 5.65 Å². The Morgan fingerprint density at radius 1 is 0.765 bits per heavy atom. The second-order valence-electron chi connectivity index (χ2n) is 4.65. The van der Waals surface area contributed by atoms with Gasteiger partial charge in [-0.05, 0) is 38.8 Å². The van der Waals surface area contributed by atoms with Crippen molar-refractivity contribution in [1.29, 1.82) is 0 Å². The summed E-state index contributed by atoms with van der Waals surface area (Å²) in [6.45, 7) is 8.24. The minimum Gasteiger partial charge on any atom is -0.347 e. The Morgan fingerprint density at radius 2 is 1.41 bits per heavy atom. The summed E-state index contributed by atoms with van der Waals surface area (Å²) >= 11 is 0. The second-order valence-corrected chi connectivity index (χ2v) is 4.65. The molecule has 0 saturated heterocycles. The summed E-state index contributed by atoms with van der Waals surface area (Å²) in [5.74, 6) is 0.713. The molecule has 0 bridgehead atoms. The number of fused-ring (bicyclic) bond motifs is 1. The Labute approximate surface area is 102 Å². The first-order chi connectivity index (χ1) is 7.91. The second kappa shape index (κ2) is 3.95. The van der Waals surface area contributed by atoms with Crippen molar-refractivity contribution in [1.82, 2.24) is 15.0 Å². The lowest BCUT2D eigenvalue weighted by Gasteiger charge is -2.14. The SMILES string of the molecule is Cc1nc2nc(N(C)C)nc(C)c2c(C)c1C. The van der Waals surface area contributed by atoms with Crippen molar-refractivity contribution < 1.29 is 0 Å². The first-order valence-electron chi connectivity index (χ1n) is 5.71. The van der Waals surface area contributed by atoms with Crippen molar-refractivity contribution >= 4 is 17.0 Å². The summed E-state index contributed by atoms with van der Waals surface area (Å²) in [6.07, 6.45) is 0. The van der Waals surface area contributed by atoms with Gasteiger partial charge in [0, 0.05) is 25.2 Å². The maximum atomic E-state index is 4.56. The molecule has 2 heterocycles. The predicted molar refractivity (Wildman–Crippen MR) is 70.6 cm³/mol. The zero-order chi connectivity index (χ0) is 12.7. The van der Waals surface area contributed by atoms with Crippen molar-refractivity contribution in [3.63, 3.8) is 0 Å².